The van der Waals surface area contributed by atoms with Crippen molar-refractivity contribution in [2.75, 3.05) is 10.0 Å². The Balaban J connectivity index is 1.50. The molecule has 156 valence electrons. The summed E-state index contributed by atoms with van der Waals surface area (Å²) in [6.07, 6.45) is 3.05. The van der Waals surface area contributed by atoms with Crippen LogP contribution in [0.2, 0.25) is 5.02 Å². The molecule has 0 saturated carbocycles. The van der Waals surface area contributed by atoms with Crippen molar-refractivity contribution in [3.8, 4) is 5.69 Å². The number of hydrogen-bond acceptors (Lipinski definition) is 4. The fourth-order valence-electron chi connectivity index (χ4n) is 2.84. The molecule has 0 aliphatic carbocycles. The van der Waals surface area contributed by atoms with E-state index in [1.807, 2.05) is 30.3 Å². The zero-order valence-corrected chi connectivity index (χ0v) is 17.6. The van der Waals surface area contributed by atoms with Crippen LogP contribution in [0.1, 0.15) is 10.4 Å². The molecular weight excluding hydrogens is 436 g/mol. The molecule has 0 aliphatic heterocycles. The van der Waals surface area contributed by atoms with Crippen LogP contribution < -0.4 is 10.0 Å². The number of carbonyl (C=O) groups excluding carboxylic acids is 1. The first-order chi connectivity index (χ1) is 14.9. The molecular formula is C22H17ClN4O3S. The zero-order chi connectivity index (χ0) is 21.8. The van der Waals surface area contributed by atoms with Crippen molar-refractivity contribution in [1.82, 2.24) is 9.78 Å². The first-order valence-corrected chi connectivity index (χ1v) is 11.1. The van der Waals surface area contributed by atoms with Crippen LogP contribution >= 0.6 is 11.6 Å². The average molecular weight is 453 g/mol. The lowest BCUT2D eigenvalue weighted by atomic mass is 10.3. The van der Waals surface area contributed by atoms with Crippen molar-refractivity contribution in [2.45, 2.75) is 4.90 Å². The number of nitrogens with one attached hydrogen (secondary N) is 2. The maximum atomic E-state index is 12.7. The minimum atomic E-state index is -3.84. The fourth-order valence-corrected chi connectivity index (χ4v) is 4.07. The summed E-state index contributed by atoms with van der Waals surface area (Å²) in [4.78, 5) is 12.6. The Bertz CT molecular complexity index is 1320. The van der Waals surface area contributed by atoms with E-state index in [1.54, 1.807) is 47.3 Å². The van der Waals surface area contributed by atoms with E-state index in [-0.39, 0.29) is 4.90 Å². The molecule has 4 rings (SSSR count). The lowest BCUT2D eigenvalue weighted by Crippen LogP contribution is -2.15. The van der Waals surface area contributed by atoms with E-state index in [0.717, 1.165) is 5.69 Å². The van der Waals surface area contributed by atoms with Gasteiger partial charge in [-0.3, -0.25) is 9.52 Å². The molecule has 0 saturated heterocycles. The van der Waals surface area contributed by atoms with E-state index >= 15 is 0 Å². The Morgan fingerprint density at radius 1 is 0.903 bits per heavy atom. The number of carbonyl (C=O) groups is 1. The minimum Gasteiger partial charge on any atom is -0.322 e. The fraction of sp³-hybridized carbons (Fsp3) is 0. The van der Waals surface area contributed by atoms with Gasteiger partial charge >= 0.3 is 0 Å². The van der Waals surface area contributed by atoms with E-state index in [4.69, 9.17) is 11.6 Å². The van der Waals surface area contributed by atoms with E-state index in [0.29, 0.717) is 22.0 Å². The van der Waals surface area contributed by atoms with Gasteiger partial charge in [-0.15, -0.1) is 0 Å². The third kappa shape index (κ3) is 4.93. The first-order valence-electron chi connectivity index (χ1n) is 9.21. The molecule has 2 N–H and O–H groups in total. The Hall–Kier alpha value is -3.62. The van der Waals surface area contributed by atoms with Gasteiger partial charge in [0.15, 0.2) is 0 Å². The van der Waals surface area contributed by atoms with Gasteiger partial charge in [-0.1, -0.05) is 35.9 Å². The standard InChI is InChI=1S/C22H17ClN4O3S/c23-17-9-11-18(12-10-17)26-31(29,30)21-8-4-5-19(13-21)25-22(28)16-14-24-27(15-16)20-6-2-1-3-7-20/h1-15,26H,(H,25,28). The van der Waals surface area contributed by atoms with Crippen LogP contribution in [0, 0.1) is 0 Å². The topological polar surface area (TPSA) is 93.1 Å². The van der Waals surface area contributed by atoms with Crippen molar-refractivity contribution >= 4 is 38.9 Å². The quantitative estimate of drug-likeness (QED) is 0.448. The molecule has 1 aromatic heterocycles. The van der Waals surface area contributed by atoms with Gasteiger partial charge in [-0.05, 0) is 54.6 Å². The summed E-state index contributed by atoms with van der Waals surface area (Å²) in [5, 5.41) is 7.41. The summed E-state index contributed by atoms with van der Waals surface area (Å²) in [6, 6.07) is 21.7. The molecule has 0 radical (unpaired) electrons. The second kappa shape index (κ2) is 8.63. The zero-order valence-electron chi connectivity index (χ0n) is 16.1. The highest BCUT2D eigenvalue weighted by Crippen LogP contribution is 2.21. The molecule has 0 fully saturated rings. The van der Waals surface area contributed by atoms with Crippen molar-refractivity contribution < 1.29 is 13.2 Å². The number of para-hydroxylation sites is 1. The molecule has 4 aromatic rings. The Morgan fingerprint density at radius 3 is 2.39 bits per heavy atom. The predicted octanol–water partition coefficient (Wildman–Crippen LogP) is 4.58. The van der Waals surface area contributed by atoms with Crippen LogP contribution in [0.4, 0.5) is 11.4 Å². The highest BCUT2D eigenvalue weighted by Gasteiger charge is 2.16. The summed E-state index contributed by atoms with van der Waals surface area (Å²) in [7, 11) is -3.84. The number of aromatic nitrogens is 2. The van der Waals surface area contributed by atoms with E-state index in [9.17, 15) is 13.2 Å². The summed E-state index contributed by atoms with van der Waals surface area (Å²) in [5.74, 6) is -0.401. The lowest BCUT2D eigenvalue weighted by Gasteiger charge is -2.10. The SMILES string of the molecule is O=C(Nc1cccc(S(=O)(=O)Nc2ccc(Cl)cc2)c1)c1cnn(-c2ccccc2)c1. The van der Waals surface area contributed by atoms with Crippen LogP contribution in [0.5, 0.6) is 0 Å². The van der Waals surface area contributed by atoms with Crippen LogP contribution in [0.3, 0.4) is 0 Å². The van der Waals surface area contributed by atoms with Gasteiger partial charge in [0.2, 0.25) is 0 Å². The predicted molar refractivity (Wildman–Crippen MR) is 120 cm³/mol. The third-order valence-electron chi connectivity index (χ3n) is 4.36. The van der Waals surface area contributed by atoms with E-state index in [2.05, 4.69) is 15.1 Å². The molecule has 0 bridgehead atoms. The monoisotopic (exact) mass is 452 g/mol. The Kier molecular flexibility index (Phi) is 5.75. The van der Waals surface area contributed by atoms with Crippen molar-refractivity contribution in [3.05, 3.63) is 102 Å². The number of nitrogens with zero attached hydrogens (tertiary/aromatic N) is 2. The highest BCUT2D eigenvalue weighted by atomic mass is 35.5. The Labute approximate surface area is 184 Å². The summed E-state index contributed by atoms with van der Waals surface area (Å²) < 4.78 is 29.4. The molecule has 7 nitrogen and oxygen atoms in total. The maximum absolute atomic E-state index is 12.7. The average Bonchev–Trinajstić information content (AvgIpc) is 3.27. The molecule has 0 atom stereocenters. The van der Waals surface area contributed by atoms with Gasteiger partial charge < -0.3 is 5.32 Å². The van der Waals surface area contributed by atoms with Gasteiger partial charge in [0.25, 0.3) is 15.9 Å². The van der Waals surface area contributed by atoms with E-state index in [1.165, 1.54) is 18.3 Å². The number of amides is 1. The molecule has 0 unspecified atom stereocenters. The summed E-state index contributed by atoms with van der Waals surface area (Å²) in [5.41, 5.74) is 1.89. The molecule has 31 heavy (non-hydrogen) atoms. The van der Waals surface area contributed by atoms with E-state index < -0.39 is 15.9 Å². The van der Waals surface area contributed by atoms with Crippen LogP contribution in [0.25, 0.3) is 5.69 Å². The number of sulfonamides is 1. The molecule has 0 spiro atoms. The van der Waals surface area contributed by atoms with Crippen LogP contribution in [-0.2, 0) is 10.0 Å². The van der Waals surface area contributed by atoms with Gasteiger partial charge in [-0.2, -0.15) is 5.10 Å². The second-order valence-electron chi connectivity index (χ2n) is 6.60. The van der Waals surface area contributed by atoms with Gasteiger partial charge in [0, 0.05) is 22.6 Å². The summed E-state index contributed by atoms with van der Waals surface area (Å²) in [6.45, 7) is 0. The van der Waals surface area contributed by atoms with Crippen molar-refractivity contribution in [3.63, 3.8) is 0 Å². The molecule has 0 aliphatic rings. The van der Waals surface area contributed by atoms with Gasteiger partial charge in [0.05, 0.1) is 22.3 Å². The molecule has 1 heterocycles. The van der Waals surface area contributed by atoms with Crippen LogP contribution in [0.15, 0.2) is 96.2 Å². The number of benzene rings is 3. The summed E-state index contributed by atoms with van der Waals surface area (Å²) >= 11 is 5.83. The highest BCUT2D eigenvalue weighted by molar-refractivity contribution is 7.92. The largest absolute Gasteiger partial charge is 0.322 e. The Morgan fingerprint density at radius 2 is 1.65 bits per heavy atom. The first kappa shape index (κ1) is 20.6. The van der Waals surface area contributed by atoms with Crippen molar-refractivity contribution in [2.24, 2.45) is 0 Å². The maximum Gasteiger partial charge on any atom is 0.261 e. The normalized spacial score (nSPS) is 11.1. The number of halogens is 1. The lowest BCUT2D eigenvalue weighted by molar-refractivity contribution is 0.102. The van der Waals surface area contributed by atoms with Gasteiger partial charge in [-0.25, -0.2) is 13.1 Å². The minimum absolute atomic E-state index is 0.0141. The number of hydrogen-bond donors (Lipinski definition) is 2. The van der Waals surface area contributed by atoms with Crippen molar-refractivity contribution in [1.29, 1.82) is 0 Å². The number of rotatable bonds is 6. The van der Waals surface area contributed by atoms with Crippen LogP contribution in [-0.4, -0.2) is 24.1 Å². The second-order valence-corrected chi connectivity index (χ2v) is 8.72. The molecule has 3 aromatic carbocycles. The smallest absolute Gasteiger partial charge is 0.261 e. The third-order valence-corrected chi connectivity index (χ3v) is 6.00. The number of anilines is 2. The molecule has 1 amide bonds. The van der Waals surface area contributed by atoms with Gasteiger partial charge in [0.1, 0.15) is 0 Å². The molecule has 9 heteroatoms.